The van der Waals surface area contributed by atoms with E-state index in [2.05, 4.69) is 4.99 Å². The van der Waals surface area contributed by atoms with Crippen molar-refractivity contribution < 1.29 is 14.3 Å². The first-order valence-corrected chi connectivity index (χ1v) is 8.22. The van der Waals surface area contributed by atoms with E-state index in [0.717, 1.165) is 29.8 Å². The molecule has 132 valence electrons. The van der Waals surface area contributed by atoms with Gasteiger partial charge in [0.2, 0.25) is 11.8 Å². The number of rotatable bonds is 1. The maximum Gasteiger partial charge on any atom is 0.250 e. The highest BCUT2D eigenvalue weighted by Crippen LogP contribution is 2.30. The van der Waals surface area contributed by atoms with Crippen molar-refractivity contribution in [3.8, 4) is 5.75 Å². The fourth-order valence-electron chi connectivity index (χ4n) is 2.34. The second kappa shape index (κ2) is 9.05. The van der Waals surface area contributed by atoms with Gasteiger partial charge in [0.05, 0.1) is 19.2 Å². The van der Waals surface area contributed by atoms with Crippen LogP contribution in [0.5, 0.6) is 5.75 Å². The molecule has 1 aromatic rings. The van der Waals surface area contributed by atoms with E-state index in [1.165, 1.54) is 0 Å². The van der Waals surface area contributed by atoms with Crippen molar-refractivity contribution in [3.63, 3.8) is 0 Å². The Kier molecular flexibility index (Phi) is 7.42. The van der Waals surface area contributed by atoms with Gasteiger partial charge in [-0.1, -0.05) is 26.8 Å². The minimum absolute atomic E-state index is 0.0706. The average Bonchev–Trinajstić information content (AvgIpc) is 2.88. The Morgan fingerprint density at radius 3 is 2.50 bits per heavy atom. The molecule has 0 fully saturated rings. The number of aliphatic imine (C=N–C) groups is 1. The smallest absolute Gasteiger partial charge is 0.250 e. The monoisotopic (exact) mass is 333 g/mol. The number of benzene rings is 1. The zero-order chi connectivity index (χ0) is 18.3. The number of hydrogen-bond acceptors (Lipinski definition) is 4. The van der Waals surface area contributed by atoms with E-state index in [-0.39, 0.29) is 17.7 Å². The third-order valence-corrected chi connectivity index (χ3v) is 3.88. The molecule has 2 amide bonds. The highest BCUT2D eigenvalue weighted by atomic mass is 16.5. The molecule has 0 aliphatic carbocycles. The van der Waals surface area contributed by atoms with Crippen molar-refractivity contribution in [2.45, 2.75) is 40.0 Å². The van der Waals surface area contributed by atoms with Crippen LogP contribution in [0.4, 0.5) is 5.69 Å². The van der Waals surface area contributed by atoms with Crippen LogP contribution in [0, 0.1) is 5.92 Å². The van der Waals surface area contributed by atoms with Gasteiger partial charge in [0.15, 0.2) is 0 Å². The van der Waals surface area contributed by atoms with Gasteiger partial charge in [-0.25, -0.2) is 4.99 Å². The second-order valence-electron chi connectivity index (χ2n) is 5.51. The van der Waals surface area contributed by atoms with Gasteiger partial charge in [0.25, 0.3) is 0 Å². The summed E-state index contributed by atoms with van der Waals surface area (Å²) in [7, 11) is 3.41. The summed E-state index contributed by atoms with van der Waals surface area (Å²) < 4.78 is 5.09. The molecule has 0 saturated heterocycles. The number of carbonyl (C=O) groups excluding carboxylic acids is 2. The third-order valence-electron chi connectivity index (χ3n) is 3.88. The Bertz CT molecular complexity index is 626. The molecule has 0 radical (unpaired) electrons. The number of methoxy groups -OCH3 is 1. The number of amidine groups is 1. The van der Waals surface area contributed by atoms with Gasteiger partial charge in [-0.3, -0.25) is 9.59 Å². The summed E-state index contributed by atoms with van der Waals surface area (Å²) >= 11 is 0. The molecule has 1 atom stereocenters. The topological polar surface area (TPSA) is 85.0 Å². The minimum atomic E-state index is -0.0706. The molecule has 0 spiro atoms. The molecule has 1 aromatic carbocycles. The quantitative estimate of drug-likeness (QED) is 0.856. The van der Waals surface area contributed by atoms with Crippen LogP contribution >= 0.6 is 0 Å². The van der Waals surface area contributed by atoms with Crippen LogP contribution in [-0.2, 0) is 16.0 Å². The standard InChI is InChI=1S/C10H11NO2.C6H10N2O.C2H6/c1-11-9-6-8(13-2)4-3-7(9)5-10(11)12;1-4-2-3-5(7)8-6(4)9;1-2/h3-4,6H,5H2,1-2H3;4H,2-3H2,1H3,(H2,7,8,9);1-2H3. The summed E-state index contributed by atoms with van der Waals surface area (Å²) in [5, 5.41) is 0. The second-order valence-corrected chi connectivity index (χ2v) is 5.51. The SMILES string of the molecule is CC.CC1CCC(N)=NC1=O.COc1ccc2c(c1)N(C)C(=O)C2. The molecule has 6 nitrogen and oxygen atoms in total. The lowest BCUT2D eigenvalue weighted by Crippen LogP contribution is -2.24. The van der Waals surface area contributed by atoms with E-state index < -0.39 is 0 Å². The van der Waals surface area contributed by atoms with Gasteiger partial charge in [-0.15, -0.1) is 0 Å². The number of ether oxygens (including phenoxy) is 1. The summed E-state index contributed by atoms with van der Waals surface area (Å²) in [6, 6.07) is 5.71. The van der Waals surface area contributed by atoms with Crippen molar-refractivity contribution in [1.82, 2.24) is 0 Å². The van der Waals surface area contributed by atoms with Crippen molar-refractivity contribution in [3.05, 3.63) is 23.8 Å². The summed E-state index contributed by atoms with van der Waals surface area (Å²) in [4.78, 5) is 27.3. The van der Waals surface area contributed by atoms with E-state index in [0.29, 0.717) is 12.3 Å². The molecule has 2 heterocycles. The van der Waals surface area contributed by atoms with Crippen LogP contribution in [0.15, 0.2) is 23.2 Å². The van der Waals surface area contributed by atoms with Crippen LogP contribution in [0.25, 0.3) is 0 Å². The van der Waals surface area contributed by atoms with E-state index in [1.54, 1.807) is 19.1 Å². The lowest BCUT2D eigenvalue weighted by molar-refractivity contribution is -0.121. The molecule has 2 aliphatic heterocycles. The molecule has 0 saturated carbocycles. The number of hydrogen-bond donors (Lipinski definition) is 1. The fourth-order valence-corrected chi connectivity index (χ4v) is 2.34. The maximum absolute atomic E-state index is 11.3. The zero-order valence-corrected chi connectivity index (χ0v) is 15.1. The van der Waals surface area contributed by atoms with Crippen LogP contribution in [0.2, 0.25) is 0 Å². The van der Waals surface area contributed by atoms with Crippen LogP contribution in [0.3, 0.4) is 0 Å². The lowest BCUT2D eigenvalue weighted by Gasteiger charge is -2.11. The largest absolute Gasteiger partial charge is 0.497 e. The molecular formula is C18H27N3O3. The maximum atomic E-state index is 11.3. The first kappa shape index (κ1) is 19.7. The number of anilines is 1. The van der Waals surface area contributed by atoms with E-state index in [1.807, 2.05) is 39.0 Å². The predicted octanol–water partition coefficient (Wildman–Crippen LogP) is 2.54. The van der Waals surface area contributed by atoms with E-state index in [9.17, 15) is 9.59 Å². The number of fused-ring (bicyclic) bond motifs is 1. The Hall–Kier alpha value is -2.37. The number of amides is 2. The molecule has 0 bridgehead atoms. The van der Waals surface area contributed by atoms with E-state index >= 15 is 0 Å². The molecule has 3 rings (SSSR count). The summed E-state index contributed by atoms with van der Waals surface area (Å²) in [5.74, 6) is 1.43. The van der Waals surface area contributed by atoms with Gasteiger partial charge in [-0.05, 0) is 18.1 Å². The average molecular weight is 333 g/mol. The first-order chi connectivity index (χ1) is 11.4. The Morgan fingerprint density at radius 1 is 1.29 bits per heavy atom. The molecular weight excluding hydrogens is 306 g/mol. The van der Waals surface area contributed by atoms with Crippen molar-refractivity contribution in [1.29, 1.82) is 0 Å². The fraction of sp³-hybridized carbons (Fsp3) is 0.500. The van der Waals surface area contributed by atoms with Gasteiger partial charge >= 0.3 is 0 Å². The Labute approximate surface area is 143 Å². The Balaban J connectivity index is 0.000000230. The van der Waals surface area contributed by atoms with Crippen LogP contribution in [-0.4, -0.2) is 31.8 Å². The highest BCUT2D eigenvalue weighted by Gasteiger charge is 2.23. The van der Waals surface area contributed by atoms with Gasteiger partial charge in [-0.2, -0.15) is 0 Å². The Morgan fingerprint density at radius 2 is 1.96 bits per heavy atom. The van der Waals surface area contributed by atoms with Gasteiger partial charge in [0, 0.05) is 25.5 Å². The highest BCUT2D eigenvalue weighted by molar-refractivity contribution is 6.01. The summed E-state index contributed by atoms with van der Waals surface area (Å²) in [6.07, 6.45) is 2.14. The minimum Gasteiger partial charge on any atom is -0.497 e. The van der Waals surface area contributed by atoms with Crippen LogP contribution < -0.4 is 15.4 Å². The predicted molar refractivity (Wildman–Crippen MR) is 96.5 cm³/mol. The summed E-state index contributed by atoms with van der Waals surface area (Å²) in [5.41, 5.74) is 7.36. The van der Waals surface area contributed by atoms with Gasteiger partial charge in [0.1, 0.15) is 11.6 Å². The zero-order valence-electron chi connectivity index (χ0n) is 15.1. The van der Waals surface area contributed by atoms with Crippen LogP contribution in [0.1, 0.15) is 39.2 Å². The number of carbonyl (C=O) groups is 2. The normalized spacial score (nSPS) is 18.6. The first-order valence-electron chi connectivity index (χ1n) is 8.22. The van der Waals surface area contributed by atoms with Crippen molar-refractivity contribution in [2.24, 2.45) is 16.6 Å². The van der Waals surface area contributed by atoms with Crippen molar-refractivity contribution >= 4 is 23.3 Å². The number of likely N-dealkylation sites (N-methyl/N-ethyl adjacent to an activating group) is 1. The molecule has 2 N–H and O–H groups in total. The molecule has 0 aromatic heterocycles. The molecule has 1 unspecified atom stereocenters. The lowest BCUT2D eigenvalue weighted by atomic mass is 10.0. The van der Waals surface area contributed by atoms with E-state index in [4.69, 9.17) is 10.5 Å². The third kappa shape index (κ3) is 4.81. The number of nitrogens with zero attached hydrogens (tertiary/aromatic N) is 2. The summed E-state index contributed by atoms with van der Waals surface area (Å²) in [6.45, 7) is 5.87. The molecule has 24 heavy (non-hydrogen) atoms. The molecule has 2 aliphatic rings. The van der Waals surface area contributed by atoms with Crippen molar-refractivity contribution in [2.75, 3.05) is 19.1 Å². The van der Waals surface area contributed by atoms with Gasteiger partial charge < -0.3 is 15.4 Å². The molecule has 6 heteroatoms. The number of nitrogens with two attached hydrogens (primary N) is 1.